The number of hydrogen-bond acceptors (Lipinski definition) is 2. The van der Waals surface area contributed by atoms with Crippen molar-refractivity contribution < 1.29 is 9.59 Å². The normalized spacial score (nSPS) is 20.5. The zero-order chi connectivity index (χ0) is 19.8. The summed E-state index contributed by atoms with van der Waals surface area (Å²) in [5, 5.41) is 4.23. The Labute approximate surface area is 166 Å². The smallest absolute Gasteiger partial charge is 0.224 e. The van der Waals surface area contributed by atoms with Gasteiger partial charge in [-0.2, -0.15) is 0 Å². The lowest BCUT2D eigenvalue weighted by Crippen LogP contribution is -2.36. The van der Waals surface area contributed by atoms with E-state index in [2.05, 4.69) is 41.2 Å². The molecule has 0 bridgehead atoms. The highest BCUT2D eigenvalue weighted by Crippen LogP contribution is 2.29. The zero-order valence-electron chi connectivity index (χ0n) is 17.2. The first-order valence-corrected chi connectivity index (χ1v) is 10.6. The van der Waals surface area contributed by atoms with Crippen molar-refractivity contribution in [2.75, 3.05) is 13.1 Å². The third kappa shape index (κ3) is 3.67. The van der Waals surface area contributed by atoms with Crippen molar-refractivity contribution in [1.29, 1.82) is 0 Å². The topological polar surface area (TPSA) is 65.2 Å². The Morgan fingerprint density at radius 3 is 2.71 bits per heavy atom. The molecule has 150 valence electrons. The highest BCUT2D eigenvalue weighted by Gasteiger charge is 2.35. The molecule has 28 heavy (non-hydrogen) atoms. The molecule has 5 nitrogen and oxygen atoms in total. The monoisotopic (exact) mass is 381 g/mol. The van der Waals surface area contributed by atoms with Crippen molar-refractivity contribution in [1.82, 2.24) is 15.2 Å². The van der Waals surface area contributed by atoms with Crippen LogP contribution in [0.2, 0.25) is 0 Å². The molecule has 0 spiro atoms. The maximum atomic E-state index is 12.6. The maximum Gasteiger partial charge on any atom is 0.224 e. The minimum Gasteiger partial charge on any atom is -0.358 e. The number of aromatic nitrogens is 1. The molecule has 0 radical (unpaired) electrons. The van der Waals surface area contributed by atoms with E-state index in [9.17, 15) is 9.59 Å². The quantitative estimate of drug-likeness (QED) is 0.832. The Morgan fingerprint density at radius 1 is 1.21 bits per heavy atom. The fourth-order valence-corrected chi connectivity index (χ4v) is 5.06. The number of H-pyrrole nitrogens is 1. The highest BCUT2D eigenvalue weighted by atomic mass is 16.2. The molecule has 1 aliphatic carbocycles. The number of nitrogens with zero attached hydrogens (tertiary/aromatic N) is 1. The van der Waals surface area contributed by atoms with E-state index in [1.807, 2.05) is 6.92 Å². The van der Waals surface area contributed by atoms with E-state index in [0.29, 0.717) is 25.4 Å². The van der Waals surface area contributed by atoms with Gasteiger partial charge in [0.1, 0.15) is 0 Å². The Hall–Kier alpha value is -2.30. The minimum absolute atomic E-state index is 0.0370. The molecule has 1 atom stereocenters. The van der Waals surface area contributed by atoms with Crippen LogP contribution in [0.4, 0.5) is 0 Å². The molecule has 1 aromatic heterocycles. The Kier molecular flexibility index (Phi) is 5.17. The number of fused-ring (bicyclic) bond motifs is 1. The van der Waals surface area contributed by atoms with Gasteiger partial charge in [0.2, 0.25) is 11.8 Å². The van der Waals surface area contributed by atoms with E-state index in [4.69, 9.17) is 0 Å². The predicted octanol–water partition coefficient (Wildman–Crippen LogP) is 3.54. The van der Waals surface area contributed by atoms with Crippen LogP contribution < -0.4 is 5.32 Å². The highest BCUT2D eigenvalue weighted by molar-refractivity contribution is 5.92. The molecule has 4 rings (SSSR count). The third-order valence-electron chi connectivity index (χ3n) is 6.50. The molecule has 2 aromatic rings. The Bertz CT molecular complexity index is 908. The largest absolute Gasteiger partial charge is 0.358 e. The zero-order valence-corrected chi connectivity index (χ0v) is 17.2. The second kappa shape index (κ2) is 7.61. The van der Waals surface area contributed by atoms with Gasteiger partial charge in [-0.25, -0.2) is 0 Å². The van der Waals surface area contributed by atoms with Gasteiger partial charge in [-0.1, -0.05) is 24.5 Å². The number of rotatable bonds is 5. The van der Waals surface area contributed by atoms with E-state index in [1.54, 1.807) is 0 Å². The molecule has 1 saturated heterocycles. The summed E-state index contributed by atoms with van der Waals surface area (Å²) in [4.78, 5) is 30.5. The lowest BCUT2D eigenvalue weighted by Gasteiger charge is -2.24. The maximum absolute atomic E-state index is 12.6. The van der Waals surface area contributed by atoms with Gasteiger partial charge < -0.3 is 15.2 Å². The van der Waals surface area contributed by atoms with Gasteiger partial charge in [0.15, 0.2) is 0 Å². The molecule has 1 saturated carbocycles. The number of aryl methyl sites for hydroxylation is 3. The van der Waals surface area contributed by atoms with Crippen LogP contribution in [0.5, 0.6) is 0 Å². The van der Waals surface area contributed by atoms with Crippen LogP contribution in [0.3, 0.4) is 0 Å². The van der Waals surface area contributed by atoms with Crippen LogP contribution in [-0.2, 0) is 16.0 Å². The first-order chi connectivity index (χ1) is 13.4. The summed E-state index contributed by atoms with van der Waals surface area (Å²) in [6.07, 6.45) is 5.70. The van der Waals surface area contributed by atoms with Crippen LogP contribution in [0.15, 0.2) is 12.1 Å². The summed E-state index contributed by atoms with van der Waals surface area (Å²) < 4.78 is 0. The molecular formula is C23H31N3O2. The lowest BCUT2D eigenvalue weighted by molar-refractivity contribution is -0.129. The lowest BCUT2D eigenvalue weighted by atomic mass is 10.0. The molecule has 5 heteroatoms. The Balaban J connectivity index is 1.37. The van der Waals surface area contributed by atoms with Crippen molar-refractivity contribution >= 4 is 22.7 Å². The first-order valence-electron chi connectivity index (χ1n) is 10.6. The van der Waals surface area contributed by atoms with E-state index in [-0.39, 0.29) is 17.7 Å². The van der Waals surface area contributed by atoms with Gasteiger partial charge >= 0.3 is 0 Å². The fourth-order valence-electron chi connectivity index (χ4n) is 5.06. The molecule has 2 aliphatic rings. The van der Waals surface area contributed by atoms with Crippen LogP contribution in [-0.4, -0.2) is 40.8 Å². The van der Waals surface area contributed by atoms with Crippen molar-refractivity contribution in [3.63, 3.8) is 0 Å². The number of amides is 2. The SMILES string of the molecule is Cc1cc(C)c2[nH]c(C)c(CC(=O)NCC3CC(=O)N(C4CCCC4)C3)c2c1. The van der Waals surface area contributed by atoms with Gasteiger partial charge in [-0.3, -0.25) is 9.59 Å². The standard InChI is InChI=1S/C23H31N3O2/c1-14-8-15(2)23-20(9-14)19(16(3)25-23)11-21(27)24-12-17-10-22(28)26(13-17)18-6-4-5-7-18/h8-9,17-18,25H,4-7,10-13H2,1-3H3,(H,24,27). The molecule has 2 heterocycles. The number of carbonyl (C=O) groups is 2. The van der Waals surface area contributed by atoms with Crippen molar-refractivity contribution in [3.8, 4) is 0 Å². The van der Waals surface area contributed by atoms with Gasteiger partial charge in [0, 0.05) is 48.1 Å². The molecule has 2 fully saturated rings. The molecule has 1 aromatic carbocycles. The Morgan fingerprint density at radius 2 is 1.96 bits per heavy atom. The predicted molar refractivity (Wildman–Crippen MR) is 111 cm³/mol. The third-order valence-corrected chi connectivity index (χ3v) is 6.50. The van der Waals surface area contributed by atoms with Crippen molar-refractivity contribution in [3.05, 3.63) is 34.5 Å². The number of benzene rings is 1. The van der Waals surface area contributed by atoms with Gasteiger partial charge in [0.25, 0.3) is 0 Å². The number of nitrogens with one attached hydrogen (secondary N) is 2. The van der Waals surface area contributed by atoms with E-state index in [1.165, 1.54) is 24.0 Å². The molecule has 2 N–H and O–H groups in total. The second-order valence-electron chi connectivity index (χ2n) is 8.77. The molecule has 1 aliphatic heterocycles. The molecule has 2 amide bonds. The average Bonchev–Trinajstić information content (AvgIpc) is 3.35. The molecule has 1 unspecified atom stereocenters. The van der Waals surface area contributed by atoms with Gasteiger partial charge in [-0.05, 0) is 50.8 Å². The van der Waals surface area contributed by atoms with Crippen molar-refractivity contribution in [2.24, 2.45) is 5.92 Å². The van der Waals surface area contributed by atoms with Crippen molar-refractivity contribution in [2.45, 2.75) is 65.3 Å². The van der Waals surface area contributed by atoms with Crippen LogP contribution in [0.1, 0.15) is 54.5 Å². The van der Waals surface area contributed by atoms with E-state index >= 15 is 0 Å². The van der Waals surface area contributed by atoms with Crippen LogP contribution in [0.25, 0.3) is 10.9 Å². The minimum atomic E-state index is 0.0370. The second-order valence-corrected chi connectivity index (χ2v) is 8.77. The summed E-state index contributed by atoms with van der Waals surface area (Å²) in [5.74, 6) is 0.546. The summed E-state index contributed by atoms with van der Waals surface area (Å²) >= 11 is 0. The number of hydrogen-bond donors (Lipinski definition) is 2. The average molecular weight is 382 g/mol. The summed E-state index contributed by atoms with van der Waals surface area (Å²) in [6, 6.07) is 4.76. The van der Waals surface area contributed by atoms with Crippen LogP contribution >= 0.6 is 0 Å². The van der Waals surface area contributed by atoms with Crippen LogP contribution in [0, 0.1) is 26.7 Å². The number of likely N-dealkylation sites (tertiary alicyclic amines) is 1. The fraction of sp³-hybridized carbons (Fsp3) is 0.565. The number of carbonyl (C=O) groups excluding carboxylic acids is 2. The number of aromatic amines is 1. The summed E-state index contributed by atoms with van der Waals surface area (Å²) in [7, 11) is 0. The van der Waals surface area contributed by atoms with E-state index in [0.717, 1.165) is 41.5 Å². The first kappa shape index (κ1) is 19.0. The van der Waals surface area contributed by atoms with Gasteiger partial charge in [-0.15, -0.1) is 0 Å². The van der Waals surface area contributed by atoms with Gasteiger partial charge in [0.05, 0.1) is 6.42 Å². The summed E-state index contributed by atoms with van der Waals surface area (Å²) in [5.41, 5.74) is 5.68. The molecular weight excluding hydrogens is 350 g/mol. The summed E-state index contributed by atoms with van der Waals surface area (Å²) in [6.45, 7) is 7.61. The van der Waals surface area contributed by atoms with E-state index < -0.39 is 0 Å².